The van der Waals surface area contributed by atoms with Crippen molar-refractivity contribution in [2.45, 2.75) is 168 Å². The van der Waals surface area contributed by atoms with Gasteiger partial charge in [-0.25, -0.2) is 26.5 Å². The number of likely N-dealkylation sites (N-methyl/N-ethyl adjacent to an activating group) is 1. The molecule has 4 amide bonds. The topological polar surface area (TPSA) is 240 Å². The number of sulfone groups is 1. The van der Waals surface area contributed by atoms with Crippen molar-refractivity contribution in [2.75, 3.05) is 102 Å². The van der Waals surface area contributed by atoms with Crippen LogP contribution in [0.3, 0.4) is 0 Å². The number of unbranched alkanes of at least 4 members (excludes halogenated alkanes) is 3. The van der Waals surface area contributed by atoms with E-state index in [1.165, 1.54) is 51.9 Å². The fourth-order valence-electron chi connectivity index (χ4n) is 15.1. The van der Waals surface area contributed by atoms with Crippen molar-refractivity contribution in [1.29, 1.82) is 0 Å². The van der Waals surface area contributed by atoms with Crippen molar-refractivity contribution >= 4 is 101 Å². The van der Waals surface area contributed by atoms with Crippen molar-refractivity contribution in [3.63, 3.8) is 0 Å². The summed E-state index contributed by atoms with van der Waals surface area (Å²) < 4.78 is 106. The number of allylic oxidation sites excluding steroid dienone is 1. The van der Waals surface area contributed by atoms with E-state index >= 15 is 0 Å². The molecule has 1 saturated carbocycles. The van der Waals surface area contributed by atoms with E-state index in [2.05, 4.69) is 56.6 Å². The number of thiazole rings is 1. The number of thioether (sulfide) groups is 1. The van der Waals surface area contributed by atoms with E-state index in [-0.39, 0.29) is 52.2 Å². The van der Waals surface area contributed by atoms with Crippen LogP contribution in [-0.4, -0.2) is 186 Å². The number of amides is 4. The van der Waals surface area contributed by atoms with Gasteiger partial charge in [0.1, 0.15) is 27.4 Å². The van der Waals surface area contributed by atoms with Crippen LogP contribution < -0.4 is 30.3 Å². The zero-order chi connectivity index (χ0) is 76.8. The quantitative estimate of drug-likeness (QED) is 0.0174. The van der Waals surface area contributed by atoms with Gasteiger partial charge in [-0.15, -0.1) is 23.1 Å². The Morgan fingerprint density at radius 1 is 0.769 bits per heavy atom. The summed E-state index contributed by atoms with van der Waals surface area (Å²) in [4.78, 5) is 82.3. The second-order valence-corrected chi connectivity index (χ2v) is 35.8. The third-order valence-corrected chi connectivity index (χ3v) is 26.8. The highest BCUT2D eigenvalue weighted by molar-refractivity contribution is 7.99. The molecular weight excluding hydrogens is 1480 g/mol. The zero-order valence-electron chi connectivity index (χ0n) is 61.9. The molecule has 0 radical (unpaired) electrons. The minimum absolute atomic E-state index is 0.0313. The standard InChI is InChI=1S/C80H100ClF3N10O10S4/c1-55(85-4)75(97)88-73(57-17-9-7-10-18-57)78(99)94-38-16-23-70(94)77-87-69(54-106-77)74(96)59-19-15-20-64(49-59)104-48-14-6-5-13-24-72(95)93-46-40-90(41-47-93)39-36-62(53-105-65-21-11-8-12-22-65)86-68-34-33-66(50-71(68)107(100,101)80(82,83)84)108(102,103)89-76(98)58-27-31-63(32-28-58)92-44-42-91(43-45-92)52-60-51-79(2,3)37-35-67(60)56-25-29-61(81)30-26-56/h8,11-12,15,19-22,25-34,49-50,54-55,57,62,70,73,85-86H,5-7,9-10,13-14,16-18,23-24,35-48,51-53H2,1-4H3,(H,88,97)(H,89,98)/t55-,62+,70-,73+/m0/s1. The predicted octanol–water partition coefficient (Wildman–Crippen LogP) is 13.7. The number of hydrogen-bond acceptors (Lipinski definition) is 18. The number of piperazine rings is 2. The Labute approximate surface area is 646 Å². The van der Waals surface area contributed by atoms with Gasteiger partial charge in [0.25, 0.3) is 25.8 Å². The summed E-state index contributed by atoms with van der Waals surface area (Å²) >= 11 is 9.01. The summed E-state index contributed by atoms with van der Waals surface area (Å²) in [6, 6.07) is 31.1. The van der Waals surface area contributed by atoms with Gasteiger partial charge in [-0.1, -0.05) is 106 Å². The van der Waals surface area contributed by atoms with E-state index in [0.29, 0.717) is 118 Å². The number of carbonyl (C=O) groups is 5. The first-order valence-corrected chi connectivity index (χ1v) is 43.0. The number of rotatable bonds is 32. The average Bonchev–Trinajstić information content (AvgIpc) is 0.931. The monoisotopic (exact) mass is 1580 g/mol. The molecule has 4 N–H and O–H groups in total. The van der Waals surface area contributed by atoms with Gasteiger partial charge >= 0.3 is 5.51 Å². The molecule has 4 atom stereocenters. The van der Waals surface area contributed by atoms with E-state index in [1.807, 2.05) is 57.0 Å². The highest BCUT2D eigenvalue weighted by Gasteiger charge is 2.49. The minimum Gasteiger partial charge on any atom is -0.494 e. The Morgan fingerprint density at radius 2 is 1.48 bits per heavy atom. The number of nitrogens with one attached hydrogen (secondary N) is 4. The second-order valence-electron chi connectivity index (χ2n) is 29.8. The fourth-order valence-corrected chi connectivity index (χ4v) is 19.2. The van der Waals surface area contributed by atoms with Crippen molar-refractivity contribution in [3.8, 4) is 5.75 Å². The molecule has 2 aliphatic carbocycles. The molecule has 5 aromatic carbocycles. The smallest absolute Gasteiger partial charge is 0.494 e. The molecule has 5 aliphatic rings. The van der Waals surface area contributed by atoms with E-state index in [1.54, 1.807) is 55.7 Å². The first kappa shape index (κ1) is 81.6. The summed E-state index contributed by atoms with van der Waals surface area (Å²) in [5, 5.41) is 12.2. The predicted molar refractivity (Wildman–Crippen MR) is 419 cm³/mol. The summed E-state index contributed by atoms with van der Waals surface area (Å²) in [5.41, 5.74) is -0.543. The summed E-state index contributed by atoms with van der Waals surface area (Å²) in [6.07, 6.45) is 13.3. The molecule has 3 aliphatic heterocycles. The highest BCUT2D eigenvalue weighted by atomic mass is 35.5. The Kier molecular flexibility index (Phi) is 28.0. The lowest BCUT2D eigenvalue weighted by Crippen LogP contribution is -2.55. The number of hydrogen-bond donors (Lipinski definition) is 4. The van der Waals surface area contributed by atoms with Crippen molar-refractivity contribution in [3.05, 3.63) is 165 Å². The number of sulfonamides is 1. The normalized spacial score (nSPS) is 18.7. The van der Waals surface area contributed by atoms with Crippen LogP contribution in [0.15, 0.2) is 147 Å². The van der Waals surface area contributed by atoms with Crippen LogP contribution in [0.1, 0.15) is 167 Å². The van der Waals surface area contributed by atoms with Crippen molar-refractivity contribution in [1.82, 2.24) is 39.9 Å². The van der Waals surface area contributed by atoms with Gasteiger partial charge in [0.05, 0.1) is 29.3 Å². The summed E-state index contributed by atoms with van der Waals surface area (Å²) in [5.74, 6) is -0.668. The van der Waals surface area contributed by atoms with Crippen LogP contribution in [0.2, 0.25) is 5.02 Å². The maximum atomic E-state index is 14.6. The van der Waals surface area contributed by atoms with E-state index < -0.39 is 64.9 Å². The Hall–Kier alpha value is -7.37. The molecule has 0 unspecified atom stereocenters. The van der Waals surface area contributed by atoms with Gasteiger partial charge in [0, 0.05) is 122 Å². The molecule has 582 valence electrons. The van der Waals surface area contributed by atoms with Crippen LogP contribution in [0.5, 0.6) is 5.75 Å². The van der Waals surface area contributed by atoms with Crippen LogP contribution in [-0.2, 0) is 34.2 Å². The fraction of sp³-hybridized carbons (Fsp3) is 0.500. The van der Waals surface area contributed by atoms with Gasteiger partial charge in [-0.3, -0.25) is 33.8 Å². The van der Waals surface area contributed by atoms with Gasteiger partial charge in [-0.05, 0) is 180 Å². The minimum atomic E-state index is -6.16. The number of likely N-dealkylation sites (tertiary alicyclic amines) is 1. The number of benzene rings is 5. The van der Waals surface area contributed by atoms with E-state index in [4.69, 9.17) is 21.3 Å². The van der Waals surface area contributed by atoms with E-state index in [9.17, 15) is 54.0 Å². The number of ketones is 1. The SMILES string of the molecule is CN[C@@H](C)C(=O)N[C@@H](C(=O)N1CCC[C@H]1c1nc(C(=O)c2cccc(OCCCCCCC(=O)N3CCN(CC[C@H](CSc4ccccc4)Nc4ccc(S(=O)(=O)NC(=O)c5ccc(N6CCN(CC7=C(c8ccc(Cl)cc8)CCC(C)(C)C7)CC6)cc5)cc4S(=O)(=O)C(F)(F)F)CC3)c2)cs1)C1CCCCC1. The molecule has 1 aromatic heterocycles. The Bertz CT molecular complexity index is 4360. The molecule has 4 heterocycles. The van der Waals surface area contributed by atoms with Gasteiger partial charge in [0.2, 0.25) is 23.5 Å². The number of alkyl halides is 3. The average molecular weight is 1580 g/mol. The lowest BCUT2D eigenvalue weighted by molar-refractivity contribution is -0.139. The summed E-state index contributed by atoms with van der Waals surface area (Å²) in [6.45, 7) is 13.6. The first-order valence-electron chi connectivity index (χ1n) is 37.7. The van der Waals surface area contributed by atoms with Crippen molar-refractivity contribution < 1.29 is 58.7 Å². The van der Waals surface area contributed by atoms with Gasteiger partial charge in [-0.2, -0.15) is 13.2 Å². The molecule has 6 aromatic rings. The third-order valence-electron chi connectivity index (χ3n) is 21.5. The Morgan fingerprint density at radius 3 is 2.19 bits per heavy atom. The molecule has 3 saturated heterocycles. The Balaban J connectivity index is 0.628. The molecule has 11 rings (SSSR count). The highest BCUT2D eigenvalue weighted by Crippen LogP contribution is 2.44. The first-order chi connectivity index (χ1) is 51.7. The van der Waals surface area contributed by atoms with Gasteiger partial charge < -0.3 is 35.4 Å². The van der Waals surface area contributed by atoms with Crippen molar-refractivity contribution in [2.24, 2.45) is 11.3 Å². The number of aromatic nitrogens is 1. The lowest BCUT2D eigenvalue weighted by Gasteiger charge is -2.39. The molecule has 28 heteroatoms. The lowest BCUT2D eigenvalue weighted by atomic mass is 9.73. The maximum Gasteiger partial charge on any atom is 0.501 e. The number of halogens is 4. The maximum absolute atomic E-state index is 14.6. The molecule has 4 fully saturated rings. The second kappa shape index (κ2) is 37.1. The summed E-state index contributed by atoms with van der Waals surface area (Å²) in [7, 11) is -9.38. The zero-order valence-corrected chi connectivity index (χ0v) is 65.9. The number of carbonyl (C=O) groups excluding carboxylic acids is 5. The molecule has 0 bridgehead atoms. The molecule has 0 spiro atoms. The largest absolute Gasteiger partial charge is 0.501 e. The molecule has 20 nitrogen and oxygen atoms in total. The molecule has 108 heavy (non-hydrogen) atoms. The van der Waals surface area contributed by atoms with E-state index in [0.717, 1.165) is 119 Å². The third kappa shape index (κ3) is 21.4. The van der Waals surface area contributed by atoms with Crippen LogP contribution in [0.4, 0.5) is 24.5 Å². The van der Waals surface area contributed by atoms with Crippen LogP contribution >= 0.6 is 34.7 Å². The number of anilines is 2. The number of nitrogens with zero attached hydrogens (tertiary/aromatic N) is 6. The van der Waals surface area contributed by atoms with Crippen LogP contribution in [0, 0.1) is 11.3 Å². The van der Waals surface area contributed by atoms with Gasteiger partial charge in [0.15, 0.2) is 0 Å². The van der Waals surface area contributed by atoms with Crippen LogP contribution in [0.25, 0.3) is 5.57 Å². The number of ether oxygens (including phenoxy) is 1. The molecular formula is C80H100ClF3N10O10S4.